The number of nitrogens with zero attached hydrogens (tertiary/aromatic N) is 1. The van der Waals surface area contributed by atoms with E-state index < -0.39 is 5.63 Å². The lowest BCUT2D eigenvalue weighted by Crippen LogP contribution is -2.25. The van der Waals surface area contributed by atoms with Gasteiger partial charge in [-0.15, -0.1) is 0 Å². The van der Waals surface area contributed by atoms with Crippen LogP contribution in [-0.2, 0) is 6.42 Å². The third-order valence-electron chi connectivity index (χ3n) is 6.70. The lowest BCUT2D eigenvalue weighted by molar-refractivity contribution is 0.238. The summed E-state index contributed by atoms with van der Waals surface area (Å²) >= 11 is 2.03. The Bertz CT molecular complexity index is 1410. The Morgan fingerprint density at radius 2 is 1.77 bits per heavy atom. The van der Waals surface area contributed by atoms with Gasteiger partial charge in [-0.05, 0) is 108 Å². The highest BCUT2D eigenvalue weighted by Crippen LogP contribution is 2.35. The van der Waals surface area contributed by atoms with Gasteiger partial charge in [0.05, 0.1) is 9.13 Å². The maximum atomic E-state index is 13.3. The molecule has 1 saturated heterocycles. The number of phenolic OH excluding ortho intramolecular Hbond substituents is 1. The first-order chi connectivity index (χ1) is 17.0. The van der Waals surface area contributed by atoms with Crippen LogP contribution in [0.5, 0.6) is 11.5 Å². The van der Waals surface area contributed by atoms with Gasteiger partial charge in [0.15, 0.2) is 5.58 Å². The number of hydrogen-bond donors (Lipinski definition) is 1. The third kappa shape index (κ3) is 5.09. The second-order valence-corrected chi connectivity index (χ2v) is 10.1. The number of aryl methyl sites for hydroxylation is 1. The summed E-state index contributed by atoms with van der Waals surface area (Å²) in [5, 5.41) is 11.0. The second kappa shape index (κ2) is 10.4. The first kappa shape index (κ1) is 23.9. The van der Waals surface area contributed by atoms with Gasteiger partial charge in [-0.1, -0.05) is 36.4 Å². The zero-order chi connectivity index (χ0) is 24.4. The number of rotatable bonds is 7. The fourth-order valence-electron chi connectivity index (χ4n) is 4.80. The minimum absolute atomic E-state index is 0.103. The summed E-state index contributed by atoms with van der Waals surface area (Å²) in [6.07, 6.45) is 3.12. The lowest BCUT2D eigenvalue weighted by Gasteiger charge is -2.16. The maximum Gasteiger partial charge on any atom is 0.344 e. The quantitative estimate of drug-likeness (QED) is 0.210. The van der Waals surface area contributed by atoms with Crippen molar-refractivity contribution in [3.05, 3.63) is 91.3 Å². The molecule has 1 aromatic heterocycles. The van der Waals surface area contributed by atoms with E-state index in [1.807, 2.05) is 72.0 Å². The van der Waals surface area contributed by atoms with E-state index in [-0.39, 0.29) is 5.75 Å². The van der Waals surface area contributed by atoms with Crippen LogP contribution >= 0.6 is 22.6 Å². The van der Waals surface area contributed by atoms with E-state index in [2.05, 4.69) is 17.0 Å². The fraction of sp³-hybridized carbons (Fsp3) is 0.276. The van der Waals surface area contributed by atoms with Crippen LogP contribution in [0.25, 0.3) is 22.1 Å². The number of benzene rings is 3. The molecule has 3 aromatic carbocycles. The van der Waals surface area contributed by atoms with Gasteiger partial charge in [-0.2, -0.15) is 0 Å². The molecule has 180 valence electrons. The third-order valence-corrected chi connectivity index (χ3v) is 7.74. The van der Waals surface area contributed by atoms with Crippen molar-refractivity contribution in [3.8, 4) is 22.6 Å². The van der Waals surface area contributed by atoms with E-state index in [0.717, 1.165) is 39.9 Å². The van der Waals surface area contributed by atoms with Crippen molar-refractivity contribution < 1.29 is 14.3 Å². The Morgan fingerprint density at radius 3 is 2.51 bits per heavy atom. The highest BCUT2D eigenvalue weighted by atomic mass is 127. The summed E-state index contributed by atoms with van der Waals surface area (Å²) in [6.45, 7) is 5.97. The van der Waals surface area contributed by atoms with Crippen LogP contribution in [0.2, 0.25) is 0 Å². The molecule has 0 saturated carbocycles. The van der Waals surface area contributed by atoms with Crippen LogP contribution in [-0.4, -0.2) is 36.2 Å². The van der Waals surface area contributed by atoms with Gasteiger partial charge in [-0.3, -0.25) is 4.90 Å². The van der Waals surface area contributed by atoms with E-state index in [9.17, 15) is 9.90 Å². The number of hydrogen-bond acceptors (Lipinski definition) is 5. The zero-order valence-electron chi connectivity index (χ0n) is 19.7. The van der Waals surface area contributed by atoms with Crippen molar-refractivity contribution in [3.63, 3.8) is 0 Å². The Kier molecular flexibility index (Phi) is 7.11. The maximum absolute atomic E-state index is 13.3. The number of halogens is 1. The van der Waals surface area contributed by atoms with Gasteiger partial charge in [0, 0.05) is 11.9 Å². The molecule has 6 heteroatoms. The summed E-state index contributed by atoms with van der Waals surface area (Å²) in [7, 11) is 0. The normalized spacial score (nSPS) is 14.0. The van der Waals surface area contributed by atoms with Crippen molar-refractivity contribution in [1.29, 1.82) is 0 Å². The first-order valence-corrected chi connectivity index (χ1v) is 13.1. The molecule has 35 heavy (non-hydrogen) atoms. The van der Waals surface area contributed by atoms with Crippen molar-refractivity contribution >= 4 is 33.6 Å². The molecule has 0 radical (unpaired) electrons. The molecule has 0 amide bonds. The highest BCUT2D eigenvalue weighted by Gasteiger charge is 2.20. The van der Waals surface area contributed by atoms with Gasteiger partial charge in [0.25, 0.3) is 0 Å². The topological polar surface area (TPSA) is 62.9 Å². The number of ether oxygens (including phenoxy) is 1. The molecule has 0 unspecified atom stereocenters. The SMILES string of the molecule is Cc1ccccc1-c1c(Cc2ccc(OCCN3CCCC3)cc2)c2ccc(O)c(I)c2oc1=O. The highest BCUT2D eigenvalue weighted by molar-refractivity contribution is 14.1. The van der Waals surface area contributed by atoms with E-state index >= 15 is 0 Å². The van der Waals surface area contributed by atoms with Crippen molar-refractivity contribution in [2.45, 2.75) is 26.2 Å². The zero-order valence-corrected chi connectivity index (χ0v) is 21.9. The Hall–Kier alpha value is -2.84. The second-order valence-electron chi connectivity index (χ2n) is 9.05. The average molecular weight is 581 g/mol. The molecule has 0 atom stereocenters. The number of phenols is 1. The van der Waals surface area contributed by atoms with E-state index in [4.69, 9.17) is 9.15 Å². The van der Waals surface area contributed by atoms with Crippen LogP contribution in [0.1, 0.15) is 29.5 Å². The van der Waals surface area contributed by atoms with Gasteiger partial charge >= 0.3 is 5.63 Å². The summed E-state index contributed by atoms with van der Waals surface area (Å²) < 4.78 is 12.3. The number of likely N-dealkylation sites (tertiary alicyclic amines) is 1. The van der Waals surface area contributed by atoms with Crippen molar-refractivity contribution in [1.82, 2.24) is 4.90 Å². The van der Waals surface area contributed by atoms with Crippen LogP contribution in [0.3, 0.4) is 0 Å². The fourth-order valence-corrected chi connectivity index (χ4v) is 5.38. The van der Waals surface area contributed by atoms with E-state index in [1.54, 1.807) is 6.07 Å². The minimum atomic E-state index is -0.396. The van der Waals surface area contributed by atoms with Crippen molar-refractivity contribution in [2.75, 3.05) is 26.2 Å². The molecule has 2 heterocycles. The number of fused-ring (bicyclic) bond motifs is 1. The smallest absolute Gasteiger partial charge is 0.344 e. The number of aromatic hydroxyl groups is 1. The summed E-state index contributed by atoms with van der Waals surface area (Å²) in [4.78, 5) is 15.7. The van der Waals surface area contributed by atoms with Crippen LogP contribution < -0.4 is 10.4 Å². The van der Waals surface area contributed by atoms with E-state index in [0.29, 0.717) is 27.7 Å². The monoisotopic (exact) mass is 581 g/mol. The molecule has 1 aliphatic rings. The molecule has 1 N–H and O–H groups in total. The van der Waals surface area contributed by atoms with Crippen LogP contribution in [0.15, 0.2) is 69.9 Å². The molecule has 0 aliphatic carbocycles. The molecule has 0 bridgehead atoms. The lowest BCUT2D eigenvalue weighted by atomic mass is 9.91. The Morgan fingerprint density at radius 1 is 1.03 bits per heavy atom. The Labute approximate surface area is 218 Å². The average Bonchev–Trinajstić information content (AvgIpc) is 3.37. The van der Waals surface area contributed by atoms with Crippen LogP contribution in [0.4, 0.5) is 0 Å². The summed E-state index contributed by atoms with van der Waals surface area (Å²) in [6, 6.07) is 19.4. The predicted molar refractivity (Wildman–Crippen MR) is 147 cm³/mol. The van der Waals surface area contributed by atoms with Gasteiger partial charge in [-0.25, -0.2) is 4.79 Å². The largest absolute Gasteiger partial charge is 0.507 e. The molecule has 1 aliphatic heterocycles. The predicted octanol–water partition coefficient (Wildman–Crippen LogP) is 6.14. The molecule has 5 rings (SSSR count). The van der Waals surface area contributed by atoms with Gasteiger partial charge < -0.3 is 14.3 Å². The summed E-state index contributed by atoms with van der Waals surface area (Å²) in [5.41, 5.74) is 4.44. The molecular formula is C29H28INO4. The van der Waals surface area contributed by atoms with Gasteiger partial charge in [0.1, 0.15) is 18.1 Å². The van der Waals surface area contributed by atoms with Gasteiger partial charge in [0.2, 0.25) is 0 Å². The molecule has 0 spiro atoms. The standard InChI is InChI=1S/C29H28INO4/c1-19-6-2-3-7-22(19)26-24(23-12-13-25(32)27(30)28(23)35-29(26)33)18-20-8-10-21(11-9-20)34-17-16-31-14-4-5-15-31/h2-3,6-13,32H,4-5,14-18H2,1H3. The van der Waals surface area contributed by atoms with Crippen molar-refractivity contribution in [2.24, 2.45) is 0 Å². The molecule has 4 aromatic rings. The Balaban J connectivity index is 1.49. The molecular weight excluding hydrogens is 553 g/mol. The minimum Gasteiger partial charge on any atom is -0.507 e. The van der Waals surface area contributed by atoms with Crippen LogP contribution in [0, 0.1) is 10.5 Å². The molecule has 1 fully saturated rings. The molecule has 5 nitrogen and oxygen atoms in total. The van der Waals surface area contributed by atoms with E-state index in [1.165, 1.54) is 25.9 Å². The summed E-state index contributed by atoms with van der Waals surface area (Å²) in [5.74, 6) is 0.954. The first-order valence-electron chi connectivity index (χ1n) is 12.0.